The molecular weight excluding hydrogens is 221 g/mol. The summed E-state index contributed by atoms with van der Waals surface area (Å²) in [5, 5.41) is 0. The molecule has 0 aromatic heterocycles. The summed E-state index contributed by atoms with van der Waals surface area (Å²) in [5.74, 6) is 0.285. The van der Waals surface area contributed by atoms with Crippen molar-refractivity contribution >= 4 is 0 Å². The summed E-state index contributed by atoms with van der Waals surface area (Å²) in [7, 11) is 0. The largest absolute Gasteiger partial charge is 0.487 e. The molecule has 1 saturated heterocycles. The highest BCUT2D eigenvalue weighted by Crippen LogP contribution is 2.36. The lowest BCUT2D eigenvalue weighted by Crippen LogP contribution is -2.38. The van der Waals surface area contributed by atoms with Gasteiger partial charge in [0.05, 0.1) is 6.10 Å². The van der Waals surface area contributed by atoms with Gasteiger partial charge in [0.2, 0.25) is 0 Å². The Morgan fingerprint density at radius 3 is 2.94 bits per heavy atom. The Labute approximate surface area is 99.7 Å². The standard InChI is InChI=1S/C13H16FNO2/c14-8-3-4-9-10(15)7-13(17-12(9)6-8)11-2-1-5-16-11/h3-4,6,10-11,13H,1-2,5,7,15H2/t10-,11?,13?/m0/s1. The molecule has 1 aromatic rings. The molecular formula is C13H16FNO2. The van der Waals surface area contributed by atoms with Gasteiger partial charge in [0.1, 0.15) is 17.7 Å². The minimum Gasteiger partial charge on any atom is -0.487 e. The molecule has 0 aliphatic carbocycles. The quantitative estimate of drug-likeness (QED) is 0.814. The van der Waals surface area contributed by atoms with Crippen molar-refractivity contribution in [3.05, 3.63) is 29.6 Å². The number of benzene rings is 1. The van der Waals surface area contributed by atoms with Crippen molar-refractivity contribution in [1.29, 1.82) is 0 Å². The van der Waals surface area contributed by atoms with E-state index in [0.717, 1.165) is 31.4 Å². The lowest BCUT2D eigenvalue weighted by Gasteiger charge is -2.33. The monoisotopic (exact) mass is 237 g/mol. The number of nitrogens with two attached hydrogens (primary N) is 1. The topological polar surface area (TPSA) is 44.5 Å². The van der Waals surface area contributed by atoms with Crippen LogP contribution < -0.4 is 10.5 Å². The zero-order valence-electron chi connectivity index (χ0n) is 9.56. The van der Waals surface area contributed by atoms with E-state index < -0.39 is 0 Å². The average Bonchev–Trinajstić information content (AvgIpc) is 2.81. The van der Waals surface area contributed by atoms with Gasteiger partial charge in [0.15, 0.2) is 0 Å². The SMILES string of the molecule is N[C@H]1CC(C2CCCO2)Oc2cc(F)ccc21. The molecule has 3 rings (SSSR count). The summed E-state index contributed by atoms with van der Waals surface area (Å²) in [5.41, 5.74) is 6.99. The van der Waals surface area contributed by atoms with Gasteiger partial charge in [-0.25, -0.2) is 4.39 Å². The highest BCUT2D eigenvalue weighted by molar-refractivity contribution is 5.38. The first-order chi connectivity index (χ1) is 8.24. The summed E-state index contributed by atoms with van der Waals surface area (Å²) in [6, 6.07) is 4.46. The number of rotatable bonds is 1. The van der Waals surface area contributed by atoms with Gasteiger partial charge in [-0.1, -0.05) is 6.07 Å². The number of halogens is 1. The molecule has 3 atom stereocenters. The Morgan fingerprint density at radius 1 is 1.29 bits per heavy atom. The Hall–Kier alpha value is -1.13. The van der Waals surface area contributed by atoms with Crippen LogP contribution in [0.4, 0.5) is 4.39 Å². The first-order valence-corrected chi connectivity index (χ1v) is 6.07. The third kappa shape index (κ3) is 2.03. The minimum absolute atomic E-state index is 0.0400. The van der Waals surface area contributed by atoms with Crippen LogP contribution >= 0.6 is 0 Å². The predicted octanol–water partition coefficient (Wildman–Crippen LogP) is 2.16. The van der Waals surface area contributed by atoms with Crippen molar-refractivity contribution < 1.29 is 13.9 Å². The van der Waals surface area contributed by atoms with Crippen LogP contribution in [-0.4, -0.2) is 18.8 Å². The second-order valence-corrected chi connectivity index (χ2v) is 4.73. The lowest BCUT2D eigenvalue weighted by atomic mass is 9.94. The Bertz CT molecular complexity index is 418. The Morgan fingerprint density at radius 2 is 2.18 bits per heavy atom. The molecule has 2 aliphatic rings. The second kappa shape index (κ2) is 4.27. The molecule has 4 heteroatoms. The molecule has 2 unspecified atom stereocenters. The number of hydrogen-bond donors (Lipinski definition) is 1. The summed E-state index contributed by atoms with van der Waals surface area (Å²) in [6.45, 7) is 0.787. The van der Waals surface area contributed by atoms with Crippen LogP contribution in [-0.2, 0) is 4.74 Å². The molecule has 2 heterocycles. The van der Waals surface area contributed by atoms with E-state index in [1.54, 1.807) is 6.07 Å². The average molecular weight is 237 g/mol. The summed E-state index contributed by atoms with van der Waals surface area (Å²) < 4.78 is 24.6. The molecule has 0 radical (unpaired) electrons. The maximum atomic E-state index is 13.2. The predicted molar refractivity (Wildman–Crippen MR) is 61.3 cm³/mol. The summed E-state index contributed by atoms with van der Waals surface area (Å²) in [6.07, 6.45) is 2.88. The van der Waals surface area contributed by atoms with Crippen LogP contribution in [0, 0.1) is 5.82 Å². The zero-order chi connectivity index (χ0) is 11.8. The van der Waals surface area contributed by atoms with Gasteiger partial charge in [0, 0.05) is 30.7 Å². The molecule has 3 nitrogen and oxygen atoms in total. The van der Waals surface area contributed by atoms with Gasteiger partial charge in [-0.05, 0) is 18.9 Å². The molecule has 0 bridgehead atoms. The van der Waals surface area contributed by atoms with Crippen molar-refractivity contribution in [1.82, 2.24) is 0 Å². The van der Waals surface area contributed by atoms with Crippen molar-refractivity contribution in [2.45, 2.75) is 37.5 Å². The van der Waals surface area contributed by atoms with Gasteiger partial charge < -0.3 is 15.2 Å². The smallest absolute Gasteiger partial charge is 0.127 e. The maximum absolute atomic E-state index is 13.2. The third-order valence-corrected chi connectivity index (χ3v) is 3.52. The van der Waals surface area contributed by atoms with E-state index >= 15 is 0 Å². The molecule has 2 N–H and O–H groups in total. The van der Waals surface area contributed by atoms with E-state index in [1.165, 1.54) is 12.1 Å². The number of hydrogen-bond acceptors (Lipinski definition) is 3. The molecule has 1 aromatic carbocycles. The van der Waals surface area contributed by atoms with Crippen molar-refractivity contribution in [2.75, 3.05) is 6.61 Å². The molecule has 92 valence electrons. The lowest BCUT2D eigenvalue weighted by molar-refractivity contribution is -0.00211. The van der Waals surface area contributed by atoms with Gasteiger partial charge in [-0.2, -0.15) is 0 Å². The first-order valence-electron chi connectivity index (χ1n) is 6.07. The fourth-order valence-electron chi connectivity index (χ4n) is 2.63. The number of fused-ring (bicyclic) bond motifs is 1. The van der Waals surface area contributed by atoms with Crippen molar-refractivity contribution in [3.8, 4) is 5.75 Å². The minimum atomic E-state index is -0.288. The van der Waals surface area contributed by atoms with E-state index in [1.807, 2.05) is 0 Å². The van der Waals surface area contributed by atoms with Crippen molar-refractivity contribution in [2.24, 2.45) is 5.73 Å². The van der Waals surface area contributed by atoms with Crippen LogP contribution in [0.1, 0.15) is 30.9 Å². The van der Waals surface area contributed by atoms with E-state index in [2.05, 4.69) is 0 Å². The third-order valence-electron chi connectivity index (χ3n) is 3.52. The highest BCUT2D eigenvalue weighted by Gasteiger charge is 2.34. The summed E-state index contributed by atoms with van der Waals surface area (Å²) >= 11 is 0. The molecule has 0 amide bonds. The molecule has 1 fully saturated rings. The number of ether oxygens (including phenoxy) is 2. The van der Waals surface area contributed by atoms with E-state index in [4.69, 9.17) is 15.2 Å². The Kier molecular flexibility index (Phi) is 2.76. The van der Waals surface area contributed by atoms with Gasteiger partial charge in [0.25, 0.3) is 0 Å². The zero-order valence-corrected chi connectivity index (χ0v) is 9.56. The first kappa shape index (κ1) is 11.0. The van der Waals surface area contributed by atoms with E-state index in [-0.39, 0.29) is 24.1 Å². The fraction of sp³-hybridized carbons (Fsp3) is 0.538. The van der Waals surface area contributed by atoms with Crippen LogP contribution in [0.2, 0.25) is 0 Å². The highest BCUT2D eigenvalue weighted by atomic mass is 19.1. The fourth-order valence-corrected chi connectivity index (χ4v) is 2.63. The van der Waals surface area contributed by atoms with Crippen LogP contribution in [0.5, 0.6) is 5.75 Å². The normalized spacial score (nSPS) is 32.0. The van der Waals surface area contributed by atoms with Gasteiger partial charge in [-0.15, -0.1) is 0 Å². The van der Waals surface area contributed by atoms with E-state index in [0.29, 0.717) is 5.75 Å². The molecule has 0 saturated carbocycles. The molecule has 17 heavy (non-hydrogen) atoms. The van der Waals surface area contributed by atoms with Crippen LogP contribution in [0.15, 0.2) is 18.2 Å². The second-order valence-electron chi connectivity index (χ2n) is 4.73. The molecule has 0 spiro atoms. The molecule has 2 aliphatic heterocycles. The van der Waals surface area contributed by atoms with E-state index in [9.17, 15) is 4.39 Å². The summed E-state index contributed by atoms with van der Waals surface area (Å²) in [4.78, 5) is 0. The Balaban J connectivity index is 1.85. The van der Waals surface area contributed by atoms with Crippen molar-refractivity contribution in [3.63, 3.8) is 0 Å². The van der Waals surface area contributed by atoms with Gasteiger partial charge >= 0.3 is 0 Å². The van der Waals surface area contributed by atoms with Crippen LogP contribution in [0.25, 0.3) is 0 Å². The van der Waals surface area contributed by atoms with Crippen LogP contribution in [0.3, 0.4) is 0 Å². The van der Waals surface area contributed by atoms with Gasteiger partial charge in [-0.3, -0.25) is 0 Å². The maximum Gasteiger partial charge on any atom is 0.127 e.